The van der Waals surface area contributed by atoms with Crippen molar-refractivity contribution in [1.29, 1.82) is 0 Å². The summed E-state index contributed by atoms with van der Waals surface area (Å²) in [4.78, 5) is 5.55. The number of benzene rings is 1. The predicted octanol–water partition coefficient (Wildman–Crippen LogP) is 1.57. The van der Waals surface area contributed by atoms with Crippen LogP contribution in [0.15, 0.2) is 41.7 Å². The number of alkyl halides is 3. The van der Waals surface area contributed by atoms with Crippen LogP contribution in [0.2, 0.25) is 0 Å². The molecule has 7 nitrogen and oxygen atoms in total. The standard InChI is InChI=1S/C17H22F3N7/c1-21-16(24-13-7-8-26(10-13)11-17(18,19)20)22-9-15-25-23-12-27(15)14-5-3-2-4-6-14/h2-6,12-13H,7-11H2,1H3,(H2,21,22,24). The van der Waals surface area contributed by atoms with Crippen molar-refractivity contribution in [1.82, 2.24) is 30.3 Å². The molecule has 3 rings (SSSR count). The van der Waals surface area contributed by atoms with Crippen molar-refractivity contribution >= 4 is 5.96 Å². The summed E-state index contributed by atoms with van der Waals surface area (Å²) in [6, 6.07) is 9.62. The van der Waals surface area contributed by atoms with Crippen molar-refractivity contribution in [3.05, 3.63) is 42.5 Å². The molecule has 1 aliphatic rings. The summed E-state index contributed by atoms with van der Waals surface area (Å²) in [6.07, 6.45) is -1.90. The second kappa shape index (κ2) is 8.38. The number of hydrogen-bond donors (Lipinski definition) is 2. The minimum atomic E-state index is -4.17. The number of likely N-dealkylation sites (tertiary alicyclic amines) is 1. The van der Waals surface area contributed by atoms with E-state index in [1.54, 1.807) is 13.4 Å². The summed E-state index contributed by atoms with van der Waals surface area (Å²) in [7, 11) is 1.62. The summed E-state index contributed by atoms with van der Waals surface area (Å²) in [6.45, 7) is 0.252. The van der Waals surface area contributed by atoms with Crippen LogP contribution in [0.1, 0.15) is 12.2 Å². The highest BCUT2D eigenvalue weighted by Gasteiger charge is 2.34. The monoisotopic (exact) mass is 381 g/mol. The van der Waals surface area contributed by atoms with Gasteiger partial charge in [0.05, 0.1) is 13.1 Å². The van der Waals surface area contributed by atoms with Crippen LogP contribution in [-0.4, -0.2) is 64.5 Å². The summed E-state index contributed by atoms with van der Waals surface area (Å²) in [5, 5.41) is 14.4. The minimum absolute atomic E-state index is 0.0782. The fraction of sp³-hybridized carbons (Fsp3) is 0.471. The van der Waals surface area contributed by atoms with Gasteiger partial charge in [-0.2, -0.15) is 13.2 Å². The molecule has 0 saturated carbocycles. The zero-order chi connectivity index (χ0) is 19.3. The van der Waals surface area contributed by atoms with Crippen LogP contribution < -0.4 is 10.6 Å². The molecule has 2 N–H and O–H groups in total. The molecule has 2 aromatic rings. The van der Waals surface area contributed by atoms with Crippen LogP contribution in [0, 0.1) is 0 Å². The van der Waals surface area contributed by atoms with Gasteiger partial charge in [0, 0.05) is 31.9 Å². The molecule has 146 valence electrons. The first-order valence-corrected chi connectivity index (χ1v) is 8.65. The lowest BCUT2D eigenvalue weighted by molar-refractivity contribution is -0.143. The van der Waals surface area contributed by atoms with Crippen molar-refractivity contribution in [3.8, 4) is 5.69 Å². The summed E-state index contributed by atoms with van der Waals surface area (Å²) in [5.41, 5.74) is 0.945. The molecule has 1 saturated heterocycles. The van der Waals surface area contributed by atoms with Crippen molar-refractivity contribution in [2.24, 2.45) is 4.99 Å². The maximum atomic E-state index is 12.5. The van der Waals surface area contributed by atoms with Gasteiger partial charge in [-0.05, 0) is 18.6 Å². The van der Waals surface area contributed by atoms with Crippen LogP contribution in [-0.2, 0) is 6.54 Å². The lowest BCUT2D eigenvalue weighted by atomic mass is 10.3. The molecule has 10 heteroatoms. The molecule has 1 aromatic heterocycles. The number of halogens is 3. The van der Waals surface area contributed by atoms with Crippen LogP contribution in [0.5, 0.6) is 0 Å². The molecular formula is C17H22F3N7. The minimum Gasteiger partial charge on any atom is -0.352 e. The molecule has 0 amide bonds. The summed E-state index contributed by atoms with van der Waals surface area (Å²) < 4.78 is 39.4. The summed E-state index contributed by atoms with van der Waals surface area (Å²) in [5.74, 6) is 1.23. The van der Waals surface area contributed by atoms with Crippen LogP contribution in [0.3, 0.4) is 0 Å². The number of aromatic nitrogens is 3. The smallest absolute Gasteiger partial charge is 0.352 e. The lowest BCUT2D eigenvalue weighted by Crippen LogP contribution is -2.45. The highest BCUT2D eigenvalue weighted by molar-refractivity contribution is 5.79. The SMILES string of the molecule is CN=C(NCc1nncn1-c1ccccc1)NC1CCN(CC(F)(F)F)C1. The number of nitrogens with zero attached hydrogens (tertiary/aromatic N) is 5. The number of hydrogen-bond acceptors (Lipinski definition) is 4. The molecule has 1 atom stereocenters. The Balaban J connectivity index is 1.53. The van der Waals surface area contributed by atoms with Gasteiger partial charge < -0.3 is 10.6 Å². The fourth-order valence-corrected chi connectivity index (χ4v) is 3.08. The molecule has 27 heavy (non-hydrogen) atoms. The molecule has 1 aliphatic heterocycles. The fourth-order valence-electron chi connectivity index (χ4n) is 3.08. The van der Waals surface area contributed by atoms with Crippen molar-refractivity contribution in [3.63, 3.8) is 0 Å². The van der Waals surface area contributed by atoms with E-state index in [9.17, 15) is 13.2 Å². The third kappa shape index (κ3) is 5.43. The number of para-hydroxylation sites is 1. The van der Waals surface area contributed by atoms with Gasteiger partial charge in [0.15, 0.2) is 11.8 Å². The Bertz CT molecular complexity index is 757. The van der Waals surface area contributed by atoms with Crippen molar-refractivity contribution in [2.45, 2.75) is 25.2 Å². The van der Waals surface area contributed by atoms with Crippen LogP contribution in [0.4, 0.5) is 13.2 Å². The van der Waals surface area contributed by atoms with E-state index >= 15 is 0 Å². The van der Waals surface area contributed by atoms with Gasteiger partial charge in [-0.3, -0.25) is 14.5 Å². The topological polar surface area (TPSA) is 70.4 Å². The van der Waals surface area contributed by atoms with Crippen molar-refractivity contribution in [2.75, 3.05) is 26.7 Å². The third-order valence-electron chi connectivity index (χ3n) is 4.31. The zero-order valence-corrected chi connectivity index (χ0v) is 14.9. The first kappa shape index (κ1) is 19.2. The average Bonchev–Trinajstić information content (AvgIpc) is 3.27. The van der Waals surface area contributed by atoms with Gasteiger partial charge >= 0.3 is 6.18 Å². The number of aliphatic imine (C=N–C) groups is 1. The molecule has 0 radical (unpaired) electrons. The Labute approximate surface area is 155 Å². The maximum Gasteiger partial charge on any atom is 0.401 e. The van der Waals surface area contributed by atoms with Crippen LogP contribution >= 0.6 is 0 Å². The molecule has 0 aliphatic carbocycles. The van der Waals surface area contributed by atoms with E-state index in [2.05, 4.69) is 25.8 Å². The van der Waals surface area contributed by atoms with E-state index in [0.717, 1.165) is 5.69 Å². The largest absolute Gasteiger partial charge is 0.401 e. The first-order valence-electron chi connectivity index (χ1n) is 8.65. The molecule has 0 bridgehead atoms. The molecule has 2 heterocycles. The highest BCUT2D eigenvalue weighted by Crippen LogP contribution is 2.19. The lowest BCUT2D eigenvalue weighted by Gasteiger charge is -2.19. The van der Waals surface area contributed by atoms with Gasteiger partial charge in [-0.25, -0.2) is 0 Å². The van der Waals surface area contributed by atoms with E-state index in [1.807, 2.05) is 34.9 Å². The van der Waals surface area contributed by atoms with E-state index in [4.69, 9.17) is 0 Å². The second-order valence-corrected chi connectivity index (χ2v) is 6.36. The van der Waals surface area contributed by atoms with E-state index in [0.29, 0.717) is 37.8 Å². The molecule has 1 unspecified atom stereocenters. The van der Waals surface area contributed by atoms with E-state index in [1.165, 1.54) is 4.90 Å². The van der Waals surface area contributed by atoms with E-state index < -0.39 is 12.7 Å². The number of guanidine groups is 1. The quantitative estimate of drug-likeness (QED) is 0.608. The molecule has 1 fully saturated rings. The zero-order valence-electron chi connectivity index (χ0n) is 14.9. The molecule has 0 spiro atoms. The van der Waals surface area contributed by atoms with Gasteiger partial charge in [0.25, 0.3) is 0 Å². The Hall–Kier alpha value is -2.62. The van der Waals surface area contributed by atoms with Crippen LogP contribution in [0.25, 0.3) is 5.69 Å². The first-order chi connectivity index (χ1) is 12.9. The number of nitrogens with one attached hydrogen (secondary N) is 2. The van der Waals surface area contributed by atoms with Gasteiger partial charge in [0.1, 0.15) is 6.33 Å². The second-order valence-electron chi connectivity index (χ2n) is 6.36. The normalized spacial score (nSPS) is 18.7. The Morgan fingerprint density at radius 3 is 2.78 bits per heavy atom. The molecule has 1 aromatic carbocycles. The Morgan fingerprint density at radius 1 is 1.30 bits per heavy atom. The average molecular weight is 381 g/mol. The summed E-state index contributed by atoms with van der Waals surface area (Å²) >= 11 is 0. The Morgan fingerprint density at radius 2 is 2.07 bits per heavy atom. The number of rotatable bonds is 5. The molecular weight excluding hydrogens is 359 g/mol. The van der Waals surface area contributed by atoms with Gasteiger partial charge in [-0.15, -0.1) is 10.2 Å². The van der Waals surface area contributed by atoms with Gasteiger partial charge in [0.2, 0.25) is 0 Å². The predicted molar refractivity (Wildman–Crippen MR) is 95.6 cm³/mol. The van der Waals surface area contributed by atoms with Gasteiger partial charge in [-0.1, -0.05) is 18.2 Å². The highest BCUT2D eigenvalue weighted by atomic mass is 19.4. The van der Waals surface area contributed by atoms with E-state index in [-0.39, 0.29) is 6.04 Å². The Kier molecular flexibility index (Phi) is 5.94. The maximum absolute atomic E-state index is 12.5. The van der Waals surface area contributed by atoms with Crippen molar-refractivity contribution < 1.29 is 13.2 Å². The third-order valence-corrected chi connectivity index (χ3v) is 4.31.